The minimum absolute atomic E-state index is 0.331. The first-order chi connectivity index (χ1) is 9.06. The molecule has 0 aliphatic carbocycles. The van der Waals surface area contributed by atoms with Crippen LogP contribution >= 0.6 is 0 Å². The second-order valence-corrected chi connectivity index (χ2v) is 6.25. The van der Waals surface area contributed by atoms with Gasteiger partial charge in [-0.2, -0.15) is 4.31 Å². The number of hydrogen-bond acceptors (Lipinski definition) is 3. The monoisotopic (exact) mass is 285 g/mol. The van der Waals surface area contributed by atoms with E-state index in [0.717, 1.165) is 12.8 Å². The zero-order chi connectivity index (χ0) is 14.3. The molecule has 0 unspecified atom stereocenters. The van der Waals surface area contributed by atoms with Gasteiger partial charge < -0.3 is 4.74 Å². The average molecular weight is 285 g/mol. The maximum atomic E-state index is 12.5. The van der Waals surface area contributed by atoms with E-state index in [4.69, 9.17) is 4.74 Å². The quantitative estimate of drug-likeness (QED) is 0.738. The van der Waals surface area contributed by atoms with E-state index < -0.39 is 10.0 Å². The zero-order valence-corrected chi connectivity index (χ0v) is 12.7. The van der Waals surface area contributed by atoms with Crippen LogP contribution in [0, 0.1) is 0 Å². The van der Waals surface area contributed by atoms with Crippen molar-refractivity contribution in [2.75, 3.05) is 19.7 Å². The highest BCUT2D eigenvalue weighted by Gasteiger charge is 2.22. The molecular weight excluding hydrogens is 262 g/mol. The molecule has 0 aliphatic heterocycles. The lowest BCUT2D eigenvalue weighted by atomic mass is 10.3. The number of nitrogens with zero attached hydrogens (tertiary/aromatic N) is 1. The van der Waals surface area contributed by atoms with E-state index in [-0.39, 0.29) is 0 Å². The van der Waals surface area contributed by atoms with Gasteiger partial charge in [-0.25, -0.2) is 8.42 Å². The molecule has 5 heteroatoms. The molecule has 4 nitrogen and oxygen atoms in total. The SMILES string of the molecule is CCCN(CCC)S(=O)(=O)c1ccc(OCC)cc1. The average Bonchev–Trinajstić information content (AvgIpc) is 2.39. The van der Waals surface area contributed by atoms with E-state index in [1.54, 1.807) is 28.6 Å². The number of sulfonamides is 1. The molecule has 0 aromatic heterocycles. The molecule has 108 valence electrons. The highest BCUT2D eigenvalue weighted by molar-refractivity contribution is 7.89. The van der Waals surface area contributed by atoms with Crippen LogP contribution < -0.4 is 4.74 Å². The van der Waals surface area contributed by atoms with Gasteiger partial charge in [0.1, 0.15) is 5.75 Å². The molecule has 0 radical (unpaired) electrons. The maximum Gasteiger partial charge on any atom is 0.243 e. The molecule has 0 saturated heterocycles. The van der Waals surface area contributed by atoms with Gasteiger partial charge in [0, 0.05) is 13.1 Å². The molecule has 0 N–H and O–H groups in total. The Kier molecular flexibility index (Phi) is 6.31. The minimum Gasteiger partial charge on any atom is -0.494 e. The van der Waals surface area contributed by atoms with Crippen molar-refractivity contribution < 1.29 is 13.2 Å². The first kappa shape index (κ1) is 16.0. The first-order valence-electron chi connectivity index (χ1n) is 6.79. The summed E-state index contributed by atoms with van der Waals surface area (Å²) in [6.45, 7) is 7.55. The number of ether oxygens (including phenoxy) is 1. The lowest BCUT2D eigenvalue weighted by Crippen LogP contribution is -2.32. The van der Waals surface area contributed by atoms with Gasteiger partial charge in [-0.3, -0.25) is 0 Å². The van der Waals surface area contributed by atoms with Gasteiger partial charge in [-0.15, -0.1) is 0 Å². The molecule has 0 spiro atoms. The maximum absolute atomic E-state index is 12.5. The molecule has 1 rings (SSSR count). The smallest absolute Gasteiger partial charge is 0.243 e. The van der Waals surface area contributed by atoms with Crippen LogP contribution in [0.2, 0.25) is 0 Å². The predicted molar refractivity (Wildman–Crippen MR) is 77.0 cm³/mol. The molecule has 0 amide bonds. The molecule has 19 heavy (non-hydrogen) atoms. The third-order valence-corrected chi connectivity index (χ3v) is 4.63. The number of benzene rings is 1. The molecule has 0 saturated carbocycles. The Morgan fingerprint density at radius 1 is 1.00 bits per heavy atom. The summed E-state index contributed by atoms with van der Waals surface area (Å²) >= 11 is 0. The molecule has 0 aliphatic rings. The van der Waals surface area contributed by atoms with Gasteiger partial charge in [0.05, 0.1) is 11.5 Å². The van der Waals surface area contributed by atoms with Gasteiger partial charge >= 0.3 is 0 Å². The minimum atomic E-state index is -3.38. The summed E-state index contributed by atoms with van der Waals surface area (Å²) in [4.78, 5) is 0.331. The Balaban J connectivity index is 2.96. The summed E-state index contributed by atoms with van der Waals surface area (Å²) < 4.78 is 31.8. The van der Waals surface area contributed by atoms with E-state index >= 15 is 0 Å². The largest absolute Gasteiger partial charge is 0.494 e. The molecule has 0 bridgehead atoms. The Labute approximate surface area is 116 Å². The summed E-state index contributed by atoms with van der Waals surface area (Å²) in [7, 11) is -3.38. The van der Waals surface area contributed by atoms with Crippen molar-refractivity contribution in [1.29, 1.82) is 0 Å². The zero-order valence-electron chi connectivity index (χ0n) is 11.9. The summed E-state index contributed by atoms with van der Waals surface area (Å²) in [5, 5.41) is 0. The van der Waals surface area contributed by atoms with E-state index in [0.29, 0.717) is 30.3 Å². The summed E-state index contributed by atoms with van der Waals surface area (Å²) in [5.41, 5.74) is 0. The summed E-state index contributed by atoms with van der Waals surface area (Å²) in [6, 6.07) is 6.62. The fraction of sp³-hybridized carbons (Fsp3) is 0.571. The van der Waals surface area contributed by atoms with Crippen molar-refractivity contribution in [2.45, 2.75) is 38.5 Å². The lowest BCUT2D eigenvalue weighted by molar-refractivity contribution is 0.340. The van der Waals surface area contributed by atoms with Crippen molar-refractivity contribution >= 4 is 10.0 Å². The first-order valence-corrected chi connectivity index (χ1v) is 8.23. The van der Waals surface area contributed by atoms with Crippen LogP contribution in [0.25, 0.3) is 0 Å². The van der Waals surface area contributed by atoms with Gasteiger partial charge in [-0.1, -0.05) is 13.8 Å². The van der Waals surface area contributed by atoms with Crippen LogP contribution in [0.4, 0.5) is 0 Å². The molecule has 0 atom stereocenters. The standard InChI is InChI=1S/C14H23NO3S/c1-4-11-15(12-5-2)19(16,17)14-9-7-13(8-10-14)18-6-3/h7-10H,4-6,11-12H2,1-3H3. The highest BCUT2D eigenvalue weighted by Crippen LogP contribution is 2.20. The van der Waals surface area contributed by atoms with E-state index in [9.17, 15) is 8.42 Å². The topological polar surface area (TPSA) is 46.6 Å². The van der Waals surface area contributed by atoms with Gasteiger partial charge in [0.2, 0.25) is 10.0 Å². The Bertz CT molecular complexity index is 462. The lowest BCUT2D eigenvalue weighted by Gasteiger charge is -2.21. The Morgan fingerprint density at radius 3 is 1.95 bits per heavy atom. The number of rotatable bonds is 8. The molecular formula is C14H23NO3S. The Morgan fingerprint density at radius 2 is 1.53 bits per heavy atom. The summed E-state index contributed by atoms with van der Waals surface area (Å²) in [6.07, 6.45) is 1.63. The van der Waals surface area contributed by atoms with Crippen LogP contribution in [0.15, 0.2) is 29.2 Å². The second kappa shape index (κ2) is 7.50. The summed E-state index contributed by atoms with van der Waals surface area (Å²) in [5.74, 6) is 0.694. The van der Waals surface area contributed by atoms with E-state index in [1.807, 2.05) is 20.8 Å². The highest BCUT2D eigenvalue weighted by atomic mass is 32.2. The van der Waals surface area contributed by atoms with Crippen LogP contribution in [-0.4, -0.2) is 32.4 Å². The van der Waals surface area contributed by atoms with Crippen molar-refractivity contribution in [2.24, 2.45) is 0 Å². The molecule has 0 heterocycles. The third-order valence-electron chi connectivity index (χ3n) is 2.72. The fourth-order valence-corrected chi connectivity index (χ4v) is 3.50. The fourth-order valence-electron chi connectivity index (χ4n) is 1.87. The van der Waals surface area contributed by atoms with Gasteiger partial charge in [0.15, 0.2) is 0 Å². The number of hydrogen-bond donors (Lipinski definition) is 0. The van der Waals surface area contributed by atoms with Crippen molar-refractivity contribution in [3.05, 3.63) is 24.3 Å². The van der Waals surface area contributed by atoms with Crippen molar-refractivity contribution in [3.8, 4) is 5.75 Å². The predicted octanol–water partition coefficient (Wildman–Crippen LogP) is 2.90. The Hall–Kier alpha value is -1.07. The van der Waals surface area contributed by atoms with Crippen LogP contribution in [-0.2, 0) is 10.0 Å². The second-order valence-electron chi connectivity index (χ2n) is 4.31. The van der Waals surface area contributed by atoms with E-state index in [2.05, 4.69) is 0 Å². The third kappa shape index (κ3) is 4.21. The normalized spacial score (nSPS) is 11.8. The van der Waals surface area contributed by atoms with E-state index in [1.165, 1.54) is 0 Å². The van der Waals surface area contributed by atoms with Crippen molar-refractivity contribution in [3.63, 3.8) is 0 Å². The molecule has 1 aromatic rings. The van der Waals surface area contributed by atoms with Gasteiger partial charge in [0.25, 0.3) is 0 Å². The molecule has 1 aromatic carbocycles. The van der Waals surface area contributed by atoms with Crippen LogP contribution in [0.3, 0.4) is 0 Å². The van der Waals surface area contributed by atoms with Gasteiger partial charge in [-0.05, 0) is 44.0 Å². The van der Waals surface area contributed by atoms with Crippen LogP contribution in [0.5, 0.6) is 5.75 Å². The molecule has 0 fully saturated rings. The van der Waals surface area contributed by atoms with Crippen LogP contribution in [0.1, 0.15) is 33.6 Å². The van der Waals surface area contributed by atoms with Crippen molar-refractivity contribution in [1.82, 2.24) is 4.31 Å².